The van der Waals surface area contributed by atoms with Crippen molar-refractivity contribution in [3.63, 3.8) is 0 Å². The second-order valence-corrected chi connectivity index (χ2v) is 11.6. The molecule has 0 radical (unpaired) electrons. The van der Waals surface area contributed by atoms with Crippen LogP contribution in [0.1, 0.15) is 22.3 Å². The highest BCUT2D eigenvalue weighted by Gasteiger charge is 2.22. The van der Waals surface area contributed by atoms with Gasteiger partial charge < -0.3 is 4.98 Å². The zero-order valence-electron chi connectivity index (χ0n) is 24.3. The SMILES string of the molecule is Cc1cc(C)c2cc1-c1cccc(n1)N(c1ccccc1)c1cccc3c1[nH]c1c(cccc13)-c1cc-2c(C)cc1C. The van der Waals surface area contributed by atoms with E-state index in [9.17, 15) is 0 Å². The molecule has 0 spiro atoms. The van der Waals surface area contributed by atoms with Crippen LogP contribution in [-0.2, 0) is 0 Å². The Hall–Kier alpha value is -5.15. The van der Waals surface area contributed by atoms with E-state index >= 15 is 0 Å². The van der Waals surface area contributed by atoms with Crippen LogP contribution in [0.2, 0.25) is 0 Å². The Labute approximate surface area is 246 Å². The van der Waals surface area contributed by atoms with Crippen molar-refractivity contribution < 1.29 is 0 Å². The molecular weight excluding hydrogens is 510 g/mol. The molecule has 42 heavy (non-hydrogen) atoms. The molecule has 1 aliphatic rings. The maximum absolute atomic E-state index is 5.34. The van der Waals surface area contributed by atoms with Crippen LogP contribution in [0.3, 0.4) is 0 Å². The molecule has 5 aromatic carbocycles. The summed E-state index contributed by atoms with van der Waals surface area (Å²) in [6.07, 6.45) is 0. The molecule has 7 aromatic rings. The smallest absolute Gasteiger partial charge is 0.138 e. The van der Waals surface area contributed by atoms with Gasteiger partial charge in [0.2, 0.25) is 0 Å². The Bertz CT molecular complexity index is 2190. The van der Waals surface area contributed by atoms with E-state index in [2.05, 4.69) is 147 Å². The molecule has 0 saturated heterocycles. The third-order valence-corrected chi connectivity index (χ3v) is 8.86. The number of nitrogens with one attached hydrogen (secondary N) is 1. The molecule has 0 aliphatic carbocycles. The van der Waals surface area contributed by atoms with Crippen LogP contribution in [0.4, 0.5) is 17.2 Å². The molecule has 0 amide bonds. The van der Waals surface area contributed by atoms with E-state index in [1.807, 2.05) is 0 Å². The number of pyridine rings is 1. The first-order chi connectivity index (χ1) is 20.5. The molecule has 1 aliphatic heterocycles. The van der Waals surface area contributed by atoms with Crippen LogP contribution in [0.5, 0.6) is 0 Å². The van der Waals surface area contributed by atoms with E-state index in [0.717, 1.165) is 39.5 Å². The van der Waals surface area contributed by atoms with Crippen LogP contribution < -0.4 is 4.90 Å². The minimum atomic E-state index is 0.883. The maximum atomic E-state index is 5.34. The highest BCUT2D eigenvalue weighted by atomic mass is 15.2. The molecule has 3 nitrogen and oxygen atoms in total. The van der Waals surface area contributed by atoms with Gasteiger partial charge in [-0.15, -0.1) is 0 Å². The number of hydrogen-bond donors (Lipinski definition) is 1. The number of para-hydroxylation sites is 3. The van der Waals surface area contributed by atoms with E-state index in [4.69, 9.17) is 4.98 Å². The van der Waals surface area contributed by atoms with Gasteiger partial charge in [0.05, 0.1) is 22.4 Å². The lowest BCUT2D eigenvalue weighted by Gasteiger charge is -2.25. The van der Waals surface area contributed by atoms with E-state index in [1.54, 1.807) is 0 Å². The van der Waals surface area contributed by atoms with Gasteiger partial charge in [0.1, 0.15) is 5.82 Å². The van der Waals surface area contributed by atoms with Crippen LogP contribution >= 0.6 is 0 Å². The summed E-state index contributed by atoms with van der Waals surface area (Å²) in [5.41, 5.74) is 16.6. The van der Waals surface area contributed by atoms with Gasteiger partial charge in [-0.3, -0.25) is 4.90 Å². The zero-order chi connectivity index (χ0) is 28.5. The van der Waals surface area contributed by atoms with Gasteiger partial charge in [-0.1, -0.05) is 66.7 Å². The number of anilines is 3. The average molecular weight is 542 g/mol. The normalized spacial score (nSPS) is 12.2. The third-order valence-electron chi connectivity index (χ3n) is 8.86. The van der Waals surface area contributed by atoms with Gasteiger partial charge in [-0.05, 0) is 109 Å². The number of benzene rings is 5. The van der Waals surface area contributed by atoms with Crippen molar-refractivity contribution in [1.82, 2.24) is 9.97 Å². The van der Waals surface area contributed by atoms with Gasteiger partial charge in [0.25, 0.3) is 0 Å². The maximum Gasteiger partial charge on any atom is 0.138 e. The van der Waals surface area contributed by atoms with E-state index in [-0.39, 0.29) is 0 Å². The Morgan fingerprint density at radius 1 is 0.500 bits per heavy atom. The Kier molecular flexibility index (Phi) is 5.39. The quantitative estimate of drug-likeness (QED) is 0.224. The first kappa shape index (κ1) is 24.6. The summed E-state index contributed by atoms with van der Waals surface area (Å²) in [6, 6.07) is 39.6. The van der Waals surface area contributed by atoms with Crippen molar-refractivity contribution in [2.75, 3.05) is 4.90 Å². The number of aromatic nitrogens is 2. The molecule has 202 valence electrons. The van der Waals surface area contributed by atoms with Crippen molar-refractivity contribution in [3.05, 3.63) is 131 Å². The first-order valence-electron chi connectivity index (χ1n) is 14.6. The predicted molar refractivity (Wildman–Crippen MR) is 177 cm³/mol. The summed E-state index contributed by atoms with van der Waals surface area (Å²) in [6.45, 7) is 8.87. The van der Waals surface area contributed by atoms with Gasteiger partial charge in [0, 0.05) is 27.6 Å². The number of aryl methyl sites for hydroxylation is 4. The second kappa shape index (κ2) is 9.19. The topological polar surface area (TPSA) is 31.9 Å². The van der Waals surface area contributed by atoms with Crippen molar-refractivity contribution >= 4 is 39.0 Å². The summed E-state index contributed by atoms with van der Waals surface area (Å²) in [4.78, 5) is 11.5. The molecule has 2 aromatic heterocycles. The predicted octanol–water partition coefficient (Wildman–Crippen LogP) is 10.7. The first-order valence-corrected chi connectivity index (χ1v) is 14.6. The van der Waals surface area contributed by atoms with Crippen molar-refractivity contribution in [3.8, 4) is 33.5 Å². The van der Waals surface area contributed by atoms with Crippen LogP contribution in [0.15, 0.2) is 109 Å². The fourth-order valence-electron chi connectivity index (χ4n) is 6.86. The number of H-pyrrole nitrogens is 1. The van der Waals surface area contributed by atoms with Gasteiger partial charge in [-0.2, -0.15) is 0 Å². The summed E-state index contributed by atoms with van der Waals surface area (Å²) in [5.74, 6) is 0.883. The van der Waals surface area contributed by atoms with Crippen molar-refractivity contribution in [1.29, 1.82) is 0 Å². The molecule has 0 saturated carbocycles. The molecule has 1 N–H and O–H groups in total. The Balaban J connectivity index is 1.57. The van der Waals surface area contributed by atoms with Gasteiger partial charge in [0.15, 0.2) is 0 Å². The molecular formula is C39H31N3. The van der Waals surface area contributed by atoms with Gasteiger partial charge in [-0.25, -0.2) is 4.98 Å². The zero-order valence-corrected chi connectivity index (χ0v) is 24.3. The summed E-state index contributed by atoms with van der Waals surface area (Å²) >= 11 is 0. The molecule has 0 atom stereocenters. The number of fused-ring (bicyclic) bond motifs is 10. The minimum Gasteiger partial charge on any atom is -0.352 e. The van der Waals surface area contributed by atoms with Crippen LogP contribution in [0.25, 0.3) is 55.3 Å². The molecule has 8 rings (SSSR count). The minimum absolute atomic E-state index is 0.883. The van der Waals surface area contributed by atoms with Crippen LogP contribution in [0, 0.1) is 27.7 Å². The molecule has 0 fully saturated rings. The highest BCUT2D eigenvalue weighted by Crippen LogP contribution is 2.44. The summed E-state index contributed by atoms with van der Waals surface area (Å²) in [7, 11) is 0. The molecule has 3 heteroatoms. The lowest BCUT2D eigenvalue weighted by Crippen LogP contribution is -2.12. The van der Waals surface area contributed by atoms with Crippen LogP contribution in [-0.4, -0.2) is 9.97 Å². The number of hydrogen-bond acceptors (Lipinski definition) is 2. The fourth-order valence-corrected chi connectivity index (χ4v) is 6.86. The molecule has 0 unspecified atom stereocenters. The average Bonchev–Trinajstić information content (AvgIpc) is 3.38. The molecule has 8 bridgehead atoms. The Morgan fingerprint density at radius 3 is 1.83 bits per heavy atom. The van der Waals surface area contributed by atoms with E-state index < -0.39 is 0 Å². The largest absolute Gasteiger partial charge is 0.352 e. The number of rotatable bonds is 1. The fraction of sp³-hybridized carbons (Fsp3) is 0.103. The number of aromatic amines is 1. The molecule has 3 heterocycles. The van der Waals surface area contributed by atoms with Crippen molar-refractivity contribution in [2.45, 2.75) is 27.7 Å². The third kappa shape index (κ3) is 3.63. The summed E-state index contributed by atoms with van der Waals surface area (Å²) < 4.78 is 0. The second-order valence-electron chi connectivity index (χ2n) is 11.6. The van der Waals surface area contributed by atoms with E-state index in [0.29, 0.717) is 0 Å². The lowest BCUT2D eigenvalue weighted by molar-refractivity contribution is 1.18. The lowest BCUT2D eigenvalue weighted by atomic mass is 9.87. The Morgan fingerprint density at radius 2 is 1.10 bits per heavy atom. The van der Waals surface area contributed by atoms with Crippen molar-refractivity contribution in [2.24, 2.45) is 0 Å². The standard InChI is InChI=1S/C39H31N3/c1-23-19-24(2)32-21-31(23)30-14-8-13-28-29-15-9-17-36(39(29)41-38(28)30)42(27-11-6-5-7-12-27)37-18-10-16-35(40-37)34-22-33(32)25(3)20-26(34)4/h5-22,41H,1-4H3. The van der Waals surface area contributed by atoms with E-state index in [1.165, 1.54) is 55.3 Å². The highest BCUT2D eigenvalue weighted by molar-refractivity contribution is 6.16. The monoisotopic (exact) mass is 541 g/mol. The van der Waals surface area contributed by atoms with Gasteiger partial charge >= 0.3 is 0 Å². The number of nitrogens with zero attached hydrogens (tertiary/aromatic N) is 2. The summed E-state index contributed by atoms with van der Waals surface area (Å²) in [5, 5.41) is 2.43.